The van der Waals surface area contributed by atoms with Gasteiger partial charge in [0.15, 0.2) is 12.3 Å². The molecule has 0 spiro atoms. The van der Waals surface area contributed by atoms with E-state index in [4.69, 9.17) is 4.74 Å². The average molecular weight is 441 g/mol. The smallest absolute Gasteiger partial charge is 0.359 e. The second-order valence-electron chi connectivity index (χ2n) is 7.79. The molecular weight excluding hydrogens is 418 g/mol. The Hall–Kier alpha value is -4.26. The first-order chi connectivity index (χ1) is 15.9. The third kappa shape index (κ3) is 4.98. The molecule has 0 unspecified atom stereocenters. The van der Waals surface area contributed by atoms with Crippen LogP contribution in [0.1, 0.15) is 27.2 Å². The van der Waals surface area contributed by atoms with E-state index in [9.17, 15) is 14.4 Å². The lowest BCUT2D eigenvalue weighted by Gasteiger charge is -2.12. The molecule has 0 aliphatic carbocycles. The van der Waals surface area contributed by atoms with Crippen LogP contribution in [0.3, 0.4) is 0 Å². The van der Waals surface area contributed by atoms with Gasteiger partial charge < -0.3 is 10.1 Å². The van der Waals surface area contributed by atoms with E-state index < -0.39 is 18.5 Å². The van der Waals surface area contributed by atoms with Crippen LogP contribution >= 0.6 is 0 Å². The number of carbonyl (C=O) groups is 2. The summed E-state index contributed by atoms with van der Waals surface area (Å²) in [6.07, 6.45) is 0. The molecule has 0 aliphatic rings. The normalized spacial score (nSPS) is 10.7. The summed E-state index contributed by atoms with van der Waals surface area (Å²) in [4.78, 5) is 38.1. The quantitative estimate of drug-likeness (QED) is 0.459. The number of ether oxygens (including phenoxy) is 1. The predicted molar refractivity (Wildman–Crippen MR) is 126 cm³/mol. The van der Waals surface area contributed by atoms with Gasteiger partial charge in [-0.1, -0.05) is 66.2 Å². The van der Waals surface area contributed by atoms with Crippen molar-refractivity contribution in [3.05, 3.63) is 106 Å². The molecule has 0 saturated heterocycles. The molecular formula is C26H23N3O4. The minimum Gasteiger partial charge on any atom is -0.451 e. The number of hydrogen-bond acceptors (Lipinski definition) is 5. The van der Waals surface area contributed by atoms with Gasteiger partial charge >= 0.3 is 5.97 Å². The Kier molecular flexibility index (Phi) is 6.31. The first-order valence-corrected chi connectivity index (χ1v) is 10.5. The zero-order valence-corrected chi connectivity index (χ0v) is 18.4. The molecule has 7 nitrogen and oxygen atoms in total. The minimum absolute atomic E-state index is 0.0135. The number of nitrogens with one attached hydrogen (secondary N) is 1. The van der Waals surface area contributed by atoms with Gasteiger partial charge in [0.2, 0.25) is 0 Å². The monoisotopic (exact) mass is 441 g/mol. The summed E-state index contributed by atoms with van der Waals surface area (Å²) in [6, 6.07) is 21.7. The van der Waals surface area contributed by atoms with Crippen molar-refractivity contribution in [1.82, 2.24) is 9.78 Å². The van der Waals surface area contributed by atoms with Gasteiger partial charge in [-0.05, 0) is 37.1 Å². The van der Waals surface area contributed by atoms with Crippen molar-refractivity contribution < 1.29 is 14.3 Å². The third-order valence-electron chi connectivity index (χ3n) is 5.23. The minimum atomic E-state index is -0.774. The largest absolute Gasteiger partial charge is 0.451 e. The van der Waals surface area contributed by atoms with Crippen molar-refractivity contribution in [1.29, 1.82) is 0 Å². The molecule has 166 valence electrons. The zero-order valence-electron chi connectivity index (χ0n) is 18.4. The number of rotatable bonds is 6. The molecule has 4 aromatic rings. The third-order valence-corrected chi connectivity index (χ3v) is 5.23. The Morgan fingerprint density at radius 2 is 1.64 bits per heavy atom. The molecule has 0 bridgehead atoms. The predicted octanol–water partition coefficient (Wildman–Crippen LogP) is 3.86. The Labute approximate surface area is 190 Å². The van der Waals surface area contributed by atoms with Gasteiger partial charge in [-0.2, -0.15) is 5.10 Å². The van der Waals surface area contributed by atoms with Crippen molar-refractivity contribution in [2.45, 2.75) is 20.4 Å². The fraction of sp³-hybridized carbons (Fsp3) is 0.154. The van der Waals surface area contributed by atoms with Crippen LogP contribution in [0.25, 0.3) is 10.8 Å². The van der Waals surface area contributed by atoms with Crippen molar-refractivity contribution >= 4 is 28.3 Å². The molecule has 1 aromatic heterocycles. The van der Waals surface area contributed by atoms with Crippen LogP contribution in [0.15, 0.2) is 77.6 Å². The summed E-state index contributed by atoms with van der Waals surface area (Å²) in [6.45, 7) is 3.59. The van der Waals surface area contributed by atoms with Gasteiger partial charge in [0.25, 0.3) is 11.5 Å². The van der Waals surface area contributed by atoms with E-state index in [0.717, 1.165) is 16.7 Å². The standard InChI is InChI=1S/C26H23N3O4/c1-17-12-13-22(18(2)14-17)27-23(30)16-33-26(32)24-20-10-6-7-11-21(20)25(31)29(28-24)15-19-8-4-3-5-9-19/h3-14H,15-16H2,1-2H3,(H,27,30). The highest BCUT2D eigenvalue weighted by atomic mass is 16.5. The maximum Gasteiger partial charge on any atom is 0.359 e. The Balaban J connectivity index is 1.56. The van der Waals surface area contributed by atoms with E-state index in [1.807, 2.05) is 56.3 Å². The van der Waals surface area contributed by atoms with E-state index in [2.05, 4.69) is 10.4 Å². The van der Waals surface area contributed by atoms with Crippen molar-refractivity contribution in [3.8, 4) is 0 Å². The second-order valence-corrected chi connectivity index (χ2v) is 7.79. The second kappa shape index (κ2) is 9.48. The van der Waals surface area contributed by atoms with Gasteiger partial charge in [-0.25, -0.2) is 9.48 Å². The Morgan fingerprint density at radius 1 is 0.939 bits per heavy atom. The number of carbonyl (C=O) groups excluding carboxylic acids is 2. The molecule has 0 saturated carbocycles. The number of hydrogen-bond donors (Lipinski definition) is 1. The van der Waals surface area contributed by atoms with Crippen LogP contribution in [-0.4, -0.2) is 28.3 Å². The van der Waals surface area contributed by atoms with Crippen LogP contribution in [0.2, 0.25) is 0 Å². The molecule has 0 radical (unpaired) electrons. The first-order valence-electron chi connectivity index (χ1n) is 10.5. The fourth-order valence-electron chi connectivity index (χ4n) is 3.59. The lowest BCUT2D eigenvalue weighted by molar-refractivity contribution is -0.119. The molecule has 1 N–H and O–H groups in total. The molecule has 1 heterocycles. The number of nitrogens with zero attached hydrogens (tertiary/aromatic N) is 2. The van der Waals surface area contributed by atoms with Gasteiger partial charge in [-0.15, -0.1) is 0 Å². The summed E-state index contributed by atoms with van der Waals surface area (Å²) in [7, 11) is 0. The number of fused-ring (bicyclic) bond motifs is 1. The summed E-state index contributed by atoms with van der Waals surface area (Å²) in [5.74, 6) is -1.24. The highest BCUT2D eigenvalue weighted by molar-refractivity contribution is 6.03. The van der Waals surface area contributed by atoms with Gasteiger partial charge in [-0.3, -0.25) is 9.59 Å². The molecule has 4 rings (SSSR count). The van der Waals surface area contributed by atoms with Crippen LogP contribution in [0.4, 0.5) is 5.69 Å². The number of aryl methyl sites for hydroxylation is 2. The maximum absolute atomic E-state index is 12.9. The SMILES string of the molecule is Cc1ccc(NC(=O)COC(=O)c2nn(Cc3ccccc3)c(=O)c3ccccc23)c(C)c1. The molecule has 0 atom stereocenters. The maximum atomic E-state index is 12.9. The molecule has 7 heteroatoms. The Bertz CT molecular complexity index is 1390. The van der Waals surface area contributed by atoms with E-state index in [1.165, 1.54) is 4.68 Å². The number of amides is 1. The van der Waals surface area contributed by atoms with Gasteiger partial charge in [0.1, 0.15) is 0 Å². The first kappa shape index (κ1) is 22.0. The van der Waals surface area contributed by atoms with Crippen LogP contribution in [0.5, 0.6) is 0 Å². The molecule has 3 aromatic carbocycles. The van der Waals surface area contributed by atoms with Gasteiger partial charge in [0, 0.05) is 11.1 Å². The summed E-state index contributed by atoms with van der Waals surface area (Å²) < 4.78 is 6.49. The summed E-state index contributed by atoms with van der Waals surface area (Å²) >= 11 is 0. The average Bonchev–Trinajstić information content (AvgIpc) is 2.82. The van der Waals surface area contributed by atoms with Crippen LogP contribution in [0, 0.1) is 13.8 Å². The van der Waals surface area contributed by atoms with Crippen LogP contribution in [-0.2, 0) is 16.1 Å². The van der Waals surface area contributed by atoms with Crippen molar-refractivity contribution in [3.63, 3.8) is 0 Å². The lowest BCUT2D eigenvalue weighted by atomic mass is 10.1. The van der Waals surface area contributed by atoms with Crippen LogP contribution < -0.4 is 10.9 Å². The van der Waals surface area contributed by atoms with Crippen molar-refractivity contribution in [2.75, 3.05) is 11.9 Å². The number of anilines is 1. The van der Waals surface area contributed by atoms with E-state index >= 15 is 0 Å². The molecule has 1 amide bonds. The summed E-state index contributed by atoms with van der Waals surface area (Å²) in [5, 5.41) is 7.76. The topological polar surface area (TPSA) is 90.3 Å². The highest BCUT2D eigenvalue weighted by Crippen LogP contribution is 2.17. The summed E-state index contributed by atoms with van der Waals surface area (Å²) in [5.41, 5.74) is 3.20. The molecule has 0 aliphatic heterocycles. The fourth-order valence-corrected chi connectivity index (χ4v) is 3.59. The Morgan fingerprint density at radius 3 is 2.36 bits per heavy atom. The molecule has 33 heavy (non-hydrogen) atoms. The van der Waals surface area contributed by atoms with E-state index in [0.29, 0.717) is 16.5 Å². The van der Waals surface area contributed by atoms with Crippen molar-refractivity contribution in [2.24, 2.45) is 0 Å². The number of esters is 1. The van der Waals surface area contributed by atoms with E-state index in [1.54, 1.807) is 30.3 Å². The van der Waals surface area contributed by atoms with E-state index in [-0.39, 0.29) is 17.8 Å². The molecule has 0 fully saturated rings. The zero-order chi connectivity index (χ0) is 23.4. The number of aromatic nitrogens is 2. The lowest BCUT2D eigenvalue weighted by Crippen LogP contribution is -2.28. The highest BCUT2D eigenvalue weighted by Gasteiger charge is 2.19. The van der Waals surface area contributed by atoms with Gasteiger partial charge in [0.05, 0.1) is 11.9 Å². The number of benzene rings is 3.